The molecule has 2 aromatic carbocycles. The summed E-state index contributed by atoms with van der Waals surface area (Å²) in [7, 11) is -3.82. The number of carbonyl (C=O) groups excluding carboxylic acids is 2. The van der Waals surface area contributed by atoms with E-state index >= 15 is 0 Å². The average molecular weight is 361 g/mol. The van der Waals surface area contributed by atoms with Crippen molar-refractivity contribution in [3.8, 4) is 0 Å². The van der Waals surface area contributed by atoms with Crippen molar-refractivity contribution in [2.45, 2.75) is 18.7 Å². The van der Waals surface area contributed by atoms with Crippen LogP contribution in [0.25, 0.3) is 0 Å². The summed E-state index contributed by atoms with van der Waals surface area (Å²) in [6, 6.07) is 13.1. The van der Waals surface area contributed by atoms with Crippen LogP contribution in [0.5, 0.6) is 0 Å². The Labute approximate surface area is 146 Å². The number of nitrogens with one attached hydrogen (secondary N) is 1. The van der Waals surface area contributed by atoms with Crippen LogP contribution in [0.1, 0.15) is 21.5 Å². The zero-order valence-corrected chi connectivity index (χ0v) is 14.8. The second kappa shape index (κ2) is 8.04. The maximum Gasteiger partial charge on any atom is 0.321 e. The number of aryl methyl sites for hydroxylation is 2. The van der Waals surface area contributed by atoms with Crippen molar-refractivity contribution in [1.29, 1.82) is 0 Å². The van der Waals surface area contributed by atoms with Crippen LogP contribution in [0, 0.1) is 13.8 Å². The first-order chi connectivity index (χ1) is 11.8. The largest absolute Gasteiger partial charge is 0.456 e. The van der Waals surface area contributed by atoms with Gasteiger partial charge in [0.1, 0.15) is 6.54 Å². The van der Waals surface area contributed by atoms with Crippen molar-refractivity contribution in [3.63, 3.8) is 0 Å². The van der Waals surface area contributed by atoms with Crippen molar-refractivity contribution in [2.24, 2.45) is 0 Å². The maximum atomic E-state index is 12.2. The van der Waals surface area contributed by atoms with Crippen LogP contribution < -0.4 is 4.72 Å². The fourth-order valence-corrected chi connectivity index (χ4v) is 3.08. The number of Topliss-reactive ketones (excluding diaryl/α,β-unsaturated/α-hetero) is 1. The molecule has 0 aliphatic carbocycles. The van der Waals surface area contributed by atoms with E-state index in [9.17, 15) is 18.0 Å². The number of rotatable bonds is 7. The third-order valence-electron chi connectivity index (χ3n) is 3.66. The molecular weight excluding hydrogens is 342 g/mol. The van der Waals surface area contributed by atoms with E-state index in [1.807, 2.05) is 6.92 Å². The minimum atomic E-state index is -3.82. The smallest absolute Gasteiger partial charge is 0.321 e. The Morgan fingerprint density at radius 2 is 1.68 bits per heavy atom. The van der Waals surface area contributed by atoms with Gasteiger partial charge in [-0.25, -0.2) is 8.42 Å². The Morgan fingerprint density at radius 3 is 2.32 bits per heavy atom. The van der Waals surface area contributed by atoms with Gasteiger partial charge in [-0.1, -0.05) is 36.4 Å². The van der Waals surface area contributed by atoms with Gasteiger partial charge in [0.15, 0.2) is 12.4 Å². The van der Waals surface area contributed by atoms with Crippen molar-refractivity contribution >= 4 is 21.8 Å². The lowest BCUT2D eigenvalue weighted by Gasteiger charge is -2.09. The molecular formula is C18H19NO5S. The summed E-state index contributed by atoms with van der Waals surface area (Å²) in [5.74, 6) is -1.18. The molecule has 6 nitrogen and oxygen atoms in total. The molecule has 7 heteroatoms. The topological polar surface area (TPSA) is 89.5 Å². The predicted octanol–water partition coefficient (Wildman–Crippen LogP) is 2.01. The number of esters is 1. The van der Waals surface area contributed by atoms with E-state index in [0.717, 1.165) is 11.1 Å². The molecule has 0 heterocycles. The molecule has 0 radical (unpaired) electrons. The molecule has 0 amide bonds. The standard InChI is InChI=1S/C18H19NO5S/c1-13-8-9-16(10-14(13)2)25(22,23)19-11-18(21)24-12-17(20)15-6-4-3-5-7-15/h3-10,19H,11-12H2,1-2H3. The minimum absolute atomic E-state index is 0.0729. The lowest BCUT2D eigenvalue weighted by atomic mass is 10.1. The Balaban J connectivity index is 1.88. The van der Waals surface area contributed by atoms with Crippen LogP contribution in [0.2, 0.25) is 0 Å². The molecule has 0 aliphatic rings. The van der Waals surface area contributed by atoms with Gasteiger partial charge >= 0.3 is 5.97 Å². The highest BCUT2D eigenvalue weighted by molar-refractivity contribution is 7.89. The highest BCUT2D eigenvalue weighted by Crippen LogP contribution is 2.14. The van der Waals surface area contributed by atoms with Crippen molar-refractivity contribution < 1.29 is 22.7 Å². The van der Waals surface area contributed by atoms with Crippen molar-refractivity contribution in [3.05, 3.63) is 65.2 Å². The van der Waals surface area contributed by atoms with Crippen LogP contribution in [-0.4, -0.2) is 33.3 Å². The summed E-state index contributed by atoms with van der Waals surface area (Å²) in [4.78, 5) is 23.6. The molecule has 1 N–H and O–H groups in total. The second-order valence-electron chi connectivity index (χ2n) is 5.52. The van der Waals surface area contributed by atoms with E-state index < -0.39 is 29.1 Å². The fourth-order valence-electron chi connectivity index (χ4n) is 2.02. The Hall–Kier alpha value is -2.51. The van der Waals surface area contributed by atoms with Gasteiger partial charge in [-0.3, -0.25) is 9.59 Å². The van der Waals surface area contributed by atoms with Gasteiger partial charge < -0.3 is 4.74 Å². The summed E-state index contributed by atoms with van der Waals surface area (Å²) in [5, 5.41) is 0. The van der Waals surface area contributed by atoms with Gasteiger partial charge in [0.2, 0.25) is 10.0 Å². The van der Waals surface area contributed by atoms with Gasteiger partial charge in [0, 0.05) is 5.56 Å². The van der Waals surface area contributed by atoms with E-state index in [-0.39, 0.29) is 10.7 Å². The first-order valence-corrected chi connectivity index (χ1v) is 9.09. The third kappa shape index (κ3) is 5.23. The molecule has 0 bridgehead atoms. The first kappa shape index (κ1) is 18.8. The Morgan fingerprint density at radius 1 is 1.00 bits per heavy atom. The normalized spacial score (nSPS) is 11.1. The predicted molar refractivity (Wildman–Crippen MR) is 92.8 cm³/mol. The zero-order valence-electron chi connectivity index (χ0n) is 14.0. The van der Waals surface area contributed by atoms with Crippen LogP contribution >= 0.6 is 0 Å². The second-order valence-corrected chi connectivity index (χ2v) is 7.29. The van der Waals surface area contributed by atoms with Crippen LogP contribution in [0.15, 0.2) is 53.4 Å². The highest BCUT2D eigenvalue weighted by Gasteiger charge is 2.17. The molecule has 132 valence electrons. The molecule has 0 unspecified atom stereocenters. The molecule has 0 aliphatic heterocycles. The summed E-state index contributed by atoms with van der Waals surface area (Å²) < 4.78 is 31.3. The zero-order chi connectivity index (χ0) is 18.4. The molecule has 0 atom stereocenters. The molecule has 0 saturated carbocycles. The summed E-state index contributed by atoms with van der Waals surface area (Å²) in [6.07, 6.45) is 0. The third-order valence-corrected chi connectivity index (χ3v) is 5.05. The molecule has 0 fully saturated rings. The number of ketones is 1. The van der Waals surface area contributed by atoms with E-state index in [4.69, 9.17) is 4.74 Å². The van der Waals surface area contributed by atoms with Crippen molar-refractivity contribution in [2.75, 3.05) is 13.2 Å². The monoisotopic (exact) mass is 361 g/mol. The van der Waals surface area contributed by atoms with E-state index in [0.29, 0.717) is 5.56 Å². The van der Waals surface area contributed by atoms with Gasteiger partial charge in [-0.2, -0.15) is 4.72 Å². The highest BCUT2D eigenvalue weighted by atomic mass is 32.2. The SMILES string of the molecule is Cc1ccc(S(=O)(=O)NCC(=O)OCC(=O)c2ccccc2)cc1C. The minimum Gasteiger partial charge on any atom is -0.456 e. The van der Waals surface area contributed by atoms with E-state index in [1.165, 1.54) is 12.1 Å². The fraction of sp³-hybridized carbons (Fsp3) is 0.222. The molecule has 0 saturated heterocycles. The van der Waals surface area contributed by atoms with Crippen LogP contribution in [0.4, 0.5) is 0 Å². The van der Waals surface area contributed by atoms with Gasteiger partial charge in [0.05, 0.1) is 4.90 Å². The maximum absolute atomic E-state index is 12.2. The molecule has 2 rings (SSSR count). The first-order valence-electron chi connectivity index (χ1n) is 7.60. The van der Waals surface area contributed by atoms with E-state index in [2.05, 4.69) is 4.72 Å². The lowest BCUT2D eigenvalue weighted by molar-refractivity contribution is -0.141. The Kier molecular flexibility index (Phi) is 6.06. The number of hydrogen-bond donors (Lipinski definition) is 1. The van der Waals surface area contributed by atoms with Gasteiger partial charge in [-0.05, 0) is 37.1 Å². The number of sulfonamides is 1. The lowest BCUT2D eigenvalue weighted by Crippen LogP contribution is -2.31. The van der Waals surface area contributed by atoms with Crippen LogP contribution in [-0.2, 0) is 19.6 Å². The number of hydrogen-bond acceptors (Lipinski definition) is 5. The summed E-state index contributed by atoms with van der Waals surface area (Å²) in [5.41, 5.74) is 2.22. The number of carbonyl (C=O) groups is 2. The molecule has 25 heavy (non-hydrogen) atoms. The van der Waals surface area contributed by atoms with Crippen molar-refractivity contribution in [1.82, 2.24) is 4.72 Å². The number of benzene rings is 2. The molecule has 0 aromatic heterocycles. The number of ether oxygens (including phenoxy) is 1. The van der Waals surface area contributed by atoms with Gasteiger partial charge in [0.25, 0.3) is 0 Å². The quantitative estimate of drug-likeness (QED) is 0.602. The van der Waals surface area contributed by atoms with E-state index in [1.54, 1.807) is 43.3 Å². The average Bonchev–Trinajstić information content (AvgIpc) is 2.61. The summed E-state index contributed by atoms with van der Waals surface area (Å²) in [6.45, 7) is 2.70. The molecule has 0 spiro atoms. The molecule has 2 aromatic rings. The van der Waals surface area contributed by atoms with Crippen LogP contribution in [0.3, 0.4) is 0 Å². The summed E-state index contributed by atoms with van der Waals surface area (Å²) >= 11 is 0. The Bertz CT molecular complexity index is 876. The van der Waals surface area contributed by atoms with Gasteiger partial charge in [-0.15, -0.1) is 0 Å².